The minimum atomic E-state index is -0.305. The molecule has 7 heteroatoms. The summed E-state index contributed by atoms with van der Waals surface area (Å²) in [6.45, 7) is 5.15. The van der Waals surface area contributed by atoms with Crippen molar-refractivity contribution < 1.29 is 14.7 Å². The summed E-state index contributed by atoms with van der Waals surface area (Å²) in [5, 5.41) is 12.4. The molecule has 1 aliphatic rings. The van der Waals surface area contributed by atoms with E-state index in [4.69, 9.17) is 0 Å². The summed E-state index contributed by atoms with van der Waals surface area (Å²) in [5.74, 6) is 0.181. The van der Waals surface area contributed by atoms with Crippen LogP contribution >= 0.6 is 0 Å². The zero-order valence-electron chi connectivity index (χ0n) is 16.0. The number of amides is 2. The number of H-pyrrole nitrogens is 1. The van der Waals surface area contributed by atoms with E-state index in [-0.39, 0.29) is 36.8 Å². The number of carbonyl (C=O) groups excluding carboxylic acids is 2. The van der Waals surface area contributed by atoms with E-state index in [1.807, 2.05) is 6.92 Å². The van der Waals surface area contributed by atoms with E-state index in [2.05, 4.69) is 22.2 Å². The van der Waals surface area contributed by atoms with Gasteiger partial charge in [-0.05, 0) is 26.2 Å². The number of unbranched alkanes of at least 4 members (excludes halogenated alkanes) is 1. The van der Waals surface area contributed by atoms with Crippen LogP contribution in [0.3, 0.4) is 0 Å². The molecule has 26 heavy (non-hydrogen) atoms. The van der Waals surface area contributed by atoms with Gasteiger partial charge < -0.3 is 20.3 Å². The first kappa shape index (κ1) is 20.4. The van der Waals surface area contributed by atoms with E-state index < -0.39 is 0 Å². The Labute approximate surface area is 155 Å². The maximum Gasteiger partial charge on any atom is 0.226 e. The molecule has 1 fully saturated rings. The van der Waals surface area contributed by atoms with Crippen LogP contribution in [0.4, 0.5) is 0 Å². The molecule has 0 aromatic carbocycles. The first-order chi connectivity index (χ1) is 12.6. The highest BCUT2D eigenvalue weighted by molar-refractivity contribution is 5.88. The standard InChI is InChI=1S/C19H32N4O3/c1-3-4-9-20-18(25)16-7-5-6-8-17(16)19(26)23(10-11-24)13-15-12-21-14(2)22-15/h12,16-17,24H,3-11,13H2,1-2H3,(H,20,25)(H,21,22)/t16-,17+/m1/s1. The first-order valence-electron chi connectivity index (χ1n) is 9.74. The van der Waals surface area contributed by atoms with Gasteiger partial charge in [0.15, 0.2) is 0 Å². The minimum absolute atomic E-state index is 0.00201. The Kier molecular flexibility index (Phi) is 8.09. The van der Waals surface area contributed by atoms with Crippen molar-refractivity contribution in [2.45, 2.75) is 58.9 Å². The third-order valence-corrected chi connectivity index (χ3v) is 5.05. The van der Waals surface area contributed by atoms with Crippen molar-refractivity contribution in [1.82, 2.24) is 20.2 Å². The number of aryl methyl sites for hydroxylation is 1. The summed E-state index contributed by atoms with van der Waals surface area (Å²) in [5.41, 5.74) is 0.837. The number of aromatic amines is 1. The SMILES string of the molecule is CCCCNC(=O)[C@@H]1CCCC[C@@H]1C(=O)N(CCO)Cc1cnc(C)[nH]1. The van der Waals surface area contributed by atoms with Crippen LogP contribution < -0.4 is 5.32 Å². The highest BCUT2D eigenvalue weighted by Gasteiger charge is 2.37. The predicted octanol–water partition coefficient (Wildman–Crippen LogP) is 1.76. The predicted molar refractivity (Wildman–Crippen MR) is 99.2 cm³/mol. The second-order valence-electron chi connectivity index (χ2n) is 7.12. The van der Waals surface area contributed by atoms with Gasteiger partial charge in [-0.25, -0.2) is 4.98 Å². The number of hydrogen-bond acceptors (Lipinski definition) is 4. The van der Waals surface area contributed by atoms with Gasteiger partial charge in [-0.3, -0.25) is 9.59 Å². The Morgan fingerprint density at radius 2 is 2.08 bits per heavy atom. The lowest BCUT2D eigenvalue weighted by Gasteiger charge is -2.33. The number of aliphatic hydroxyl groups is 1. The molecule has 2 atom stereocenters. The summed E-state index contributed by atoms with van der Waals surface area (Å²) < 4.78 is 0. The van der Waals surface area contributed by atoms with Gasteiger partial charge in [0.1, 0.15) is 5.82 Å². The van der Waals surface area contributed by atoms with Crippen molar-refractivity contribution in [1.29, 1.82) is 0 Å². The van der Waals surface area contributed by atoms with Crippen LogP contribution in [0.15, 0.2) is 6.20 Å². The van der Waals surface area contributed by atoms with E-state index in [1.165, 1.54) is 0 Å². The highest BCUT2D eigenvalue weighted by atomic mass is 16.3. The Morgan fingerprint density at radius 1 is 1.35 bits per heavy atom. The average molecular weight is 364 g/mol. The lowest BCUT2D eigenvalue weighted by molar-refractivity contribution is -0.144. The molecule has 0 spiro atoms. The van der Waals surface area contributed by atoms with Gasteiger partial charge in [-0.2, -0.15) is 0 Å². The van der Waals surface area contributed by atoms with Gasteiger partial charge in [0, 0.05) is 24.9 Å². The molecule has 3 N–H and O–H groups in total. The molecule has 146 valence electrons. The molecule has 1 saturated carbocycles. The van der Waals surface area contributed by atoms with Crippen molar-refractivity contribution in [2.24, 2.45) is 11.8 Å². The Bertz CT molecular complexity index is 587. The van der Waals surface area contributed by atoms with E-state index in [9.17, 15) is 14.7 Å². The second-order valence-corrected chi connectivity index (χ2v) is 7.12. The topological polar surface area (TPSA) is 98.3 Å². The molecule has 1 aromatic heterocycles. The molecule has 0 radical (unpaired) electrons. The maximum absolute atomic E-state index is 13.1. The van der Waals surface area contributed by atoms with Crippen LogP contribution in [0.1, 0.15) is 57.0 Å². The molecule has 1 heterocycles. The molecule has 0 bridgehead atoms. The van der Waals surface area contributed by atoms with Crippen molar-refractivity contribution in [2.75, 3.05) is 19.7 Å². The monoisotopic (exact) mass is 364 g/mol. The van der Waals surface area contributed by atoms with Crippen molar-refractivity contribution in [3.8, 4) is 0 Å². The fourth-order valence-electron chi connectivity index (χ4n) is 3.64. The van der Waals surface area contributed by atoms with Gasteiger partial charge in [-0.15, -0.1) is 0 Å². The summed E-state index contributed by atoms with van der Waals surface area (Å²) in [7, 11) is 0. The van der Waals surface area contributed by atoms with Gasteiger partial charge in [-0.1, -0.05) is 26.2 Å². The molecular weight excluding hydrogens is 332 g/mol. The number of aliphatic hydroxyl groups excluding tert-OH is 1. The van der Waals surface area contributed by atoms with Crippen molar-refractivity contribution >= 4 is 11.8 Å². The van der Waals surface area contributed by atoms with Crippen molar-refractivity contribution in [3.63, 3.8) is 0 Å². The molecule has 2 rings (SSSR count). The summed E-state index contributed by atoms with van der Waals surface area (Å²) >= 11 is 0. The molecule has 2 amide bonds. The van der Waals surface area contributed by atoms with Gasteiger partial charge in [0.2, 0.25) is 11.8 Å². The Hall–Kier alpha value is -1.89. The number of imidazole rings is 1. The van der Waals surface area contributed by atoms with E-state index >= 15 is 0 Å². The summed E-state index contributed by atoms with van der Waals surface area (Å²) in [4.78, 5) is 34.7. The molecule has 0 aliphatic heterocycles. The quantitative estimate of drug-likeness (QED) is 0.582. The van der Waals surface area contributed by atoms with Gasteiger partial charge in [0.25, 0.3) is 0 Å². The van der Waals surface area contributed by atoms with Crippen LogP contribution in [0.5, 0.6) is 0 Å². The van der Waals surface area contributed by atoms with Crippen LogP contribution in [0.25, 0.3) is 0 Å². The highest BCUT2D eigenvalue weighted by Crippen LogP contribution is 2.32. The van der Waals surface area contributed by atoms with E-state index in [0.29, 0.717) is 13.1 Å². The lowest BCUT2D eigenvalue weighted by Crippen LogP contribution is -2.46. The molecule has 7 nitrogen and oxygen atoms in total. The summed E-state index contributed by atoms with van der Waals surface area (Å²) in [6.07, 6.45) is 7.12. The number of nitrogens with zero attached hydrogens (tertiary/aromatic N) is 2. The Balaban J connectivity index is 2.06. The number of aromatic nitrogens is 2. The lowest BCUT2D eigenvalue weighted by atomic mass is 9.77. The first-order valence-corrected chi connectivity index (χ1v) is 9.74. The summed E-state index contributed by atoms with van der Waals surface area (Å²) in [6, 6.07) is 0. The van der Waals surface area contributed by atoms with Crippen LogP contribution in [-0.4, -0.2) is 51.5 Å². The number of nitrogens with one attached hydrogen (secondary N) is 2. The average Bonchev–Trinajstić information content (AvgIpc) is 3.05. The second kappa shape index (κ2) is 10.3. The number of carbonyl (C=O) groups is 2. The van der Waals surface area contributed by atoms with E-state index in [1.54, 1.807) is 11.1 Å². The van der Waals surface area contributed by atoms with Gasteiger partial charge in [0.05, 0.1) is 25.0 Å². The smallest absolute Gasteiger partial charge is 0.226 e. The van der Waals surface area contributed by atoms with Crippen LogP contribution in [-0.2, 0) is 16.1 Å². The number of rotatable bonds is 9. The third-order valence-electron chi connectivity index (χ3n) is 5.05. The molecule has 0 unspecified atom stereocenters. The Morgan fingerprint density at radius 3 is 2.69 bits per heavy atom. The normalized spacial score (nSPS) is 20.0. The number of hydrogen-bond donors (Lipinski definition) is 3. The fraction of sp³-hybridized carbons (Fsp3) is 0.737. The van der Waals surface area contributed by atoms with Crippen molar-refractivity contribution in [3.05, 3.63) is 17.7 Å². The zero-order valence-corrected chi connectivity index (χ0v) is 16.0. The molecule has 1 aliphatic carbocycles. The van der Waals surface area contributed by atoms with Crippen LogP contribution in [0, 0.1) is 18.8 Å². The zero-order chi connectivity index (χ0) is 18.9. The largest absolute Gasteiger partial charge is 0.395 e. The minimum Gasteiger partial charge on any atom is -0.395 e. The molecular formula is C19H32N4O3. The van der Waals surface area contributed by atoms with Crippen LogP contribution in [0.2, 0.25) is 0 Å². The third kappa shape index (κ3) is 5.56. The molecule has 0 saturated heterocycles. The van der Waals surface area contributed by atoms with Gasteiger partial charge >= 0.3 is 0 Å². The molecule has 1 aromatic rings. The maximum atomic E-state index is 13.1. The fourth-order valence-corrected chi connectivity index (χ4v) is 3.64. The van der Waals surface area contributed by atoms with E-state index in [0.717, 1.165) is 50.0 Å².